The second kappa shape index (κ2) is 12.5. The summed E-state index contributed by atoms with van der Waals surface area (Å²) in [7, 11) is -3.04. The van der Waals surface area contributed by atoms with Crippen LogP contribution < -0.4 is 10.6 Å². The van der Waals surface area contributed by atoms with Gasteiger partial charge in [0.25, 0.3) is 0 Å². The molecule has 0 bridgehead atoms. The largest absolute Gasteiger partial charge is 0.322 e. The minimum Gasteiger partial charge on any atom is -0.322 e. The number of nitrogens with one attached hydrogen (secondary N) is 2. The smallest absolute Gasteiger partial charge is 0.238 e. The van der Waals surface area contributed by atoms with Gasteiger partial charge in [0, 0.05) is 11.7 Å². The number of nitrogens with zero attached hydrogens (tertiary/aromatic N) is 1. The Bertz CT molecular complexity index is 1210. The van der Waals surface area contributed by atoms with Crippen molar-refractivity contribution in [3.63, 3.8) is 0 Å². The van der Waals surface area contributed by atoms with Crippen LogP contribution in [0, 0.1) is 11.7 Å². The number of Topliss-reactive ketones (excluding diaryl/α,β-unsaturated/α-hetero) is 1. The lowest BCUT2D eigenvalue weighted by atomic mass is 9.86. The Kier molecular flexibility index (Phi) is 9.86. The van der Waals surface area contributed by atoms with Crippen LogP contribution in [0.15, 0.2) is 41.4 Å². The number of benzene rings is 2. The fourth-order valence-electron chi connectivity index (χ4n) is 4.55. The molecule has 4 N–H and O–H groups in total. The maximum absolute atomic E-state index is 15.0. The molecule has 1 amide bonds. The van der Waals surface area contributed by atoms with Crippen molar-refractivity contribution in [2.24, 2.45) is 10.9 Å². The third-order valence-electron chi connectivity index (χ3n) is 6.63. The Morgan fingerprint density at radius 1 is 1.16 bits per heavy atom. The van der Waals surface area contributed by atoms with E-state index < -0.39 is 22.3 Å². The number of anilines is 1. The Hall–Kier alpha value is -2.59. The average Bonchev–Trinajstić information content (AvgIpc) is 2.84. The van der Waals surface area contributed by atoms with Crippen LogP contribution in [0.2, 0.25) is 0 Å². The Balaban J connectivity index is 1.80. The van der Waals surface area contributed by atoms with E-state index in [1.807, 2.05) is 26.0 Å². The summed E-state index contributed by atoms with van der Waals surface area (Å²) in [5, 5.41) is 5.54. The molecular weight excluding hydrogens is 505 g/mol. The van der Waals surface area contributed by atoms with Crippen LogP contribution >= 0.6 is 10.6 Å². The fourth-order valence-corrected chi connectivity index (χ4v) is 6.25. The van der Waals surface area contributed by atoms with Crippen molar-refractivity contribution in [1.82, 2.24) is 5.32 Å². The molecule has 1 heterocycles. The van der Waals surface area contributed by atoms with Crippen molar-refractivity contribution >= 4 is 33.7 Å². The zero-order chi connectivity index (χ0) is 28.1. The highest BCUT2D eigenvalue weighted by atomic mass is 32.3. The van der Waals surface area contributed by atoms with Gasteiger partial charge in [-0.15, -0.1) is 0 Å². The summed E-state index contributed by atoms with van der Waals surface area (Å²) < 4.78 is 36.3. The molecule has 0 saturated carbocycles. The van der Waals surface area contributed by atoms with Gasteiger partial charge in [-0.3, -0.25) is 23.7 Å². The molecule has 0 aliphatic carbocycles. The third-order valence-corrected chi connectivity index (χ3v) is 8.30. The third kappa shape index (κ3) is 7.96. The summed E-state index contributed by atoms with van der Waals surface area (Å²) in [4.78, 5) is 30.0. The first kappa shape index (κ1) is 30.0. The van der Waals surface area contributed by atoms with Gasteiger partial charge in [0.2, 0.25) is 5.91 Å². The molecule has 1 atom stereocenters. The van der Waals surface area contributed by atoms with E-state index in [0.29, 0.717) is 24.1 Å². The number of carbonyl (C=O) groups is 2. The highest BCUT2D eigenvalue weighted by molar-refractivity contribution is 8.25. The van der Waals surface area contributed by atoms with Gasteiger partial charge in [0.05, 0.1) is 30.2 Å². The van der Waals surface area contributed by atoms with Crippen LogP contribution in [-0.4, -0.2) is 51.1 Å². The van der Waals surface area contributed by atoms with E-state index in [1.165, 1.54) is 6.07 Å². The lowest BCUT2D eigenvalue weighted by Gasteiger charge is -2.40. The standard InChI is InChI=1S/C29H40FN3O4S/c1-6-21-11-20(14-24(30)27(21)33-26(34)16-31-7-2)12-22-17-38(36,37)18-25(28(22)35)32-15-19-9-8-10-23(13-19)29(3,4)5/h8-11,13-14,22,31,36-37H,6-7,12,15-18H2,1-5H3,(H,33,34)/t22-/m1/s1. The van der Waals surface area contributed by atoms with Gasteiger partial charge in [0.1, 0.15) is 5.82 Å². The molecule has 0 aromatic heterocycles. The zero-order valence-corrected chi connectivity index (χ0v) is 23.8. The molecule has 9 heteroatoms. The molecular formula is C29H40FN3O4S. The van der Waals surface area contributed by atoms with Crippen LogP contribution in [0.25, 0.3) is 0 Å². The van der Waals surface area contributed by atoms with Gasteiger partial charge >= 0.3 is 0 Å². The molecule has 2 aromatic carbocycles. The van der Waals surface area contributed by atoms with Crippen LogP contribution in [0.3, 0.4) is 0 Å². The van der Waals surface area contributed by atoms with Crippen molar-refractivity contribution in [3.05, 3.63) is 64.5 Å². The van der Waals surface area contributed by atoms with E-state index in [1.54, 1.807) is 6.07 Å². The summed E-state index contributed by atoms with van der Waals surface area (Å²) in [5.74, 6) is -2.09. The number of halogens is 1. The molecule has 38 heavy (non-hydrogen) atoms. The number of amides is 1. The molecule has 0 spiro atoms. The Morgan fingerprint density at radius 2 is 1.89 bits per heavy atom. The van der Waals surface area contributed by atoms with Crippen molar-refractivity contribution in [3.8, 4) is 0 Å². The van der Waals surface area contributed by atoms with E-state index in [9.17, 15) is 18.7 Å². The second-order valence-electron chi connectivity index (χ2n) is 10.9. The predicted molar refractivity (Wildman–Crippen MR) is 154 cm³/mol. The number of rotatable bonds is 9. The quantitative estimate of drug-likeness (QED) is 0.339. The summed E-state index contributed by atoms with van der Waals surface area (Å²) >= 11 is 0. The number of aryl methyl sites for hydroxylation is 1. The fraction of sp³-hybridized carbons (Fsp3) is 0.483. The number of aliphatic imine (C=N–C) groups is 1. The topological polar surface area (TPSA) is 111 Å². The molecule has 208 valence electrons. The predicted octanol–water partition coefficient (Wildman–Crippen LogP) is 5.37. The highest BCUT2D eigenvalue weighted by Crippen LogP contribution is 2.45. The summed E-state index contributed by atoms with van der Waals surface area (Å²) in [6, 6.07) is 11.1. The zero-order valence-electron chi connectivity index (χ0n) is 22.9. The molecule has 1 aliphatic rings. The van der Waals surface area contributed by atoms with Gasteiger partial charge in [-0.1, -0.05) is 65.0 Å². The molecule has 1 aliphatic heterocycles. The van der Waals surface area contributed by atoms with Crippen LogP contribution in [-0.2, 0) is 34.4 Å². The summed E-state index contributed by atoms with van der Waals surface area (Å²) in [6.07, 6.45) is 0.637. The Morgan fingerprint density at radius 3 is 2.55 bits per heavy atom. The molecule has 1 saturated heterocycles. The number of ketones is 1. The molecule has 2 aromatic rings. The molecule has 0 unspecified atom stereocenters. The van der Waals surface area contributed by atoms with E-state index >= 15 is 4.39 Å². The average molecular weight is 546 g/mol. The van der Waals surface area contributed by atoms with Crippen molar-refractivity contribution in [1.29, 1.82) is 0 Å². The van der Waals surface area contributed by atoms with Crippen molar-refractivity contribution in [2.45, 2.75) is 59.4 Å². The highest BCUT2D eigenvalue weighted by Gasteiger charge is 2.36. The summed E-state index contributed by atoms with van der Waals surface area (Å²) in [6.45, 7) is 11.1. The van der Waals surface area contributed by atoms with Crippen LogP contribution in [0.4, 0.5) is 10.1 Å². The van der Waals surface area contributed by atoms with E-state index in [0.717, 1.165) is 11.1 Å². The first-order valence-corrected chi connectivity index (χ1v) is 14.9. The van der Waals surface area contributed by atoms with Gasteiger partial charge < -0.3 is 10.6 Å². The minimum atomic E-state index is -3.04. The van der Waals surface area contributed by atoms with E-state index in [-0.39, 0.29) is 59.5 Å². The summed E-state index contributed by atoms with van der Waals surface area (Å²) in [5.41, 5.74) is 3.56. The monoisotopic (exact) mass is 545 g/mol. The maximum atomic E-state index is 15.0. The minimum absolute atomic E-state index is 0.0260. The lowest BCUT2D eigenvalue weighted by Crippen LogP contribution is -2.40. The van der Waals surface area contributed by atoms with E-state index in [2.05, 4.69) is 48.5 Å². The van der Waals surface area contributed by atoms with Gasteiger partial charge in [0.15, 0.2) is 5.78 Å². The number of hydrogen-bond donors (Lipinski definition) is 4. The molecule has 3 rings (SSSR count). The van der Waals surface area contributed by atoms with E-state index in [4.69, 9.17) is 0 Å². The van der Waals surface area contributed by atoms with Crippen LogP contribution in [0.5, 0.6) is 0 Å². The second-order valence-corrected chi connectivity index (χ2v) is 13.1. The van der Waals surface area contributed by atoms with Crippen molar-refractivity contribution < 1.29 is 23.1 Å². The van der Waals surface area contributed by atoms with Gasteiger partial charge in [-0.2, -0.15) is 10.6 Å². The van der Waals surface area contributed by atoms with Gasteiger partial charge in [-0.25, -0.2) is 4.39 Å². The number of carbonyl (C=O) groups excluding carboxylic acids is 2. The van der Waals surface area contributed by atoms with Crippen molar-refractivity contribution in [2.75, 3.05) is 29.9 Å². The normalized spacial score (nSPS) is 19.4. The van der Waals surface area contributed by atoms with Gasteiger partial charge in [-0.05, 0) is 53.1 Å². The Labute approximate surface area is 226 Å². The number of hydrogen-bond acceptors (Lipinski definition) is 6. The molecule has 7 nitrogen and oxygen atoms in total. The first-order chi connectivity index (χ1) is 17.8. The molecule has 0 radical (unpaired) electrons. The SMILES string of the molecule is CCNCC(=O)Nc1c(F)cc(C[C@@H]2CS(O)(O)CC(=NCc3cccc(C(C)(C)C)c3)C2=O)cc1CC. The lowest BCUT2D eigenvalue weighted by molar-refractivity contribution is -0.116. The van der Waals surface area contributed by atoms with Crippen LogP contribution in [0.1, 0.15) is 56.9 Å². The maximum Gasteiger partial charge on any atom is 0.238 e. The first-order valence-electron chi connectivity index (χ1n) is 13.0. The number of likely N-dealkylation sites (N-methyl/N-ethyl adjacent to an activating group) is 1. The molecule has 1 fully saturated rings.